The van der Waals surface area contributed by atoms with Crippen molar-refractivity contribution in [2.75, 3.05) is 18.5 Å². The van der Waals surface area contributed by atoms with Crippen molar-refractivity contribution >= 4 is 19.4 Å². The molecule has 1 aromatic rings. The van der Waals surface area contributed by atoms with Crippen molar-refractivity contribution in [1.29, 1.82) is 0 Å². The number of aromatic carboxylic acids is 1. The molecule has 0 spiro atoms. The van der Waals surface area contributed by atoms with Gasteiger partial charge in [0, 0.05) is 0 Å². The van der Waals surface area contributed by atoms with Crippen LogP contribution in [-0.4, -0.2) is 35.5 Å². The number of carboxylic acids is 1. The summed E-state index contributed by atoms with van der Waals surface area (Å²) in [7, 11) is -2.35. The maximum absolute atomic E-state index is 13.5. The number of rotatable bonds is 24. The van der Waals surface area contributed by atoms with Crippen molar-refractivity contribution < 1.29 is 19.2 Å². The topological polar surface area (TPSA) is 63.6 Å². The molecule has 0 saturated carbocycles. The van der Waals surface area contributed by atoms with Gasteiger partial charge in [-0.2, -0.15) is 0 Å². The van der Waals surface area contributed by atoms with Crippen molar-refractivity contribution in [3.05, 3.63) is 35.4 Å². The normalized spacial score (nSPS) is 12.0. The number of carboxylic acid groups (broad SMARTS) is 1. The van der Waals surface area contributed by atoms with Gasteiger partial charge in [0.2, 0.25) is 0 Å². The second-order valence-corrected chi connectivity index (χ2v) is 15.0. The number of unbranched alkanes of at least 4 members (excludes halogenated alkanes) is 15. The van der Waals surface area contributed by atoms with Crippen molar-refractivity contribution in [2.45, 2.75) is 136 Å². The third-order valence-corrected chi connectivity index (χ3v) is 12.1. The Morgan fingerprint density at radius 1 is 0.595 bits per heavy atom. The van der Waals surface area contributed by atoms with Crippen molar-refractivity contribution in [2.24, 2.45) is 0 Å². The second kappa shape index (κ2) is 21.5. The molecule has 0 amide bonds. The van der Waals surface area contributed by atoms with E-state index in [-0.39, 0.29) is 11.1 Å². The van der Waals surface area contributed by atoms with Crippen LogP contribution in [0.3, 0.4) is 0 Å². The Labute approximate surface area is 228 Å². The summed E-state index contributed by atoms with van der Waals surface area (Å²) >= 11 is 0. The summed E-state index contributed by atoms with van der Waals surface area (Å²) in [6, 6.07) is 6.54. The van der Waals surface area contributed by atoms with E-state index in [1.807, 2.05) is 0 Å². The van der Waals surface area contributed by atoms with E-state index in [0.29, 0.717) is 0 Å². The molecule has 0 aliphatic carbocycles. The molecule has 214 valence electrons. The van der Waals surface area contributed by atoms with E-state index in [1.165, 1.54) is 102 Å². The first-order valence-corrected chi connectivity index (χ1v) is 18.1. The fourth-order valence-corrected chi connectivity index (χ4v) is 9.55. The van der Waals surface area contributed by atoms with E-state index in [4.69, 9.17) is 4.52 Å². The quantitative estimate of drug-likeness (QED) is 0.105. The number of hydrogen-bond donors (Lipinski definition) is 1. The number of hydrogen-bond acceptors (Lipinski definition) is 3. The first-order chi connectivity index (χ1) is 18.0. The summed E-state index contributed by atoms with van der Waals surface area (Å²) in [6.45, 7) is 6.73. The summed E-state index contributed by atoms with van der Waals surface area (Å²) in [5, 5.41) is 9.65. The number of carbonyl (C=O) groups excluding carboxylic acids is 1. The van der Waals surface area contributed by atoms with Crippen LogP contribution in [0.2, 0.25) is 0 Å². The van der Waals surface area contributed by atoms with Crippen LogP contribution in [0.5, 0.6) is 0 Å². The number of benzene rings is 1. The third kappa shape index (κ3) is 14.9. The Balaban J connectivity index is 2.99. The van der Waals surface area contributed by atoms with Gasteiger partial charge >= 0.3 is 229 Å². The zero-order chi connectivity index (χ0) is 27.2. The first kappa shape index (κ1) is 33.6. The molecule has 0 aliphatic rings. The summed E-state index contributed by atoms with van der Waals surface area (Å²) in [6.07, 6.45) is 25.2. The summed E-state index contributed by atoms with van der Waals surface area (Å²) in [5.41, 5.74) is 0.259. The molecular formula is C32H57O4P. The van der Waals surface area contributed by atoms with Gasteiger partial charge in [0.1, 0.15) is 0 Å². The van der Waals surface area contributed by atoms with Crippen molar-refractivity contribution in [3.8, 4) is 0 Å². The van der Waals surface area contributed by atoms with Crippen LogP contribution in [0.15, 0.2) is 24.3 Å². The van der Waals surface area contributed by atoms with Crippen molar-refractivity contribution in [1.82, 2.24) is 0 Å². The van der Waals surface area contributed by atoms with Gasteiger partial charge in [-0.05, 0) is 0 Å². The third-order valence-electron chi connectivity index (χ3n) is 7.64. The molecule has 5 heteroatoms. The monoisotopic (exact) mass is 536 g/mol. The SMILES string of the molecule is CCCCCCCC[PH](CCCCCCCC)(CCCCCCCC)OC(=O)c1ccccc1C(=O)O. The van der Waals surface area contributed by atoms with Gasteiger partial charge in [-0.3, -0.25) is 0 Å². The zero-order valence-electron chi connectivity index (χ0n) is 24.3. The van der Waals surface area contributed by atoms with Crippen molar-refractivity contribution in [3.63, 3.8) is 0 Å². The molecular weight excluding hydrogens is 479 g/mol. The van der Waals surface area contributed by atoms with E-state index < -0.39 is 19.4 Å². The molecule has 37 heavy (non-hydrogen) atoms. The molecule has 1 rings (SSSR count). The van der Waals surface area contributed by atoms with Gasteiger partial charge in [0.05, 0.1) is 0 Å². The number of carbonyl (C=O) groups is 2. The Morgan fingerprint density at radius 3 is 1.32 bits per heavy atom. The summed E-state index contributed by atoms with van der Waals surface area (Å²) in [4.78, 5) is 25.2. The summed E-state index contributed by atoms with van der Waals surface area (Å²) in [5.74, 6) is -1.48. The molecule has 0 aliphatic heterocycles. The molecule has 4 nitrogen and oxygen atoms in total. The minimum absolute atomic E-state index is 0.0501. The van der Waals surface area contributed by atoms with Crippen LogP contribution < -0.4 is 0 Å². The van der Waals surface area contributed by atoms with E-state index in [2.05, 4.69) is 20.8 Å². The van der Waals surface area contributed by atoms with E-state index in [9.17, 15) is 14.7 Å². The molecule has 0 fully saturated rings. The molecule has 0 aromatic heterocycles. The van der Waals surface area contributed by atoms with Gasteiger partial charge in [0.15, 0.2) is 0 Å². The van der Waals surface area contributed by atoms with E-state index in [1.54, 1.807) is 18.2 Å². The van der Waals surface area contributed by atoms with Crippen LogP contribution in [0.25, 0.3) is 0 Å². The minimum atomic E-state index is -2.35. The summed E-state index contributed by atoms with van der Waals surface area (Å²) < 4.78 is 6.53. The van der Waals surface area contributed by atoms with Crippen LogP contribution in [0.1, 0.15) is 157 Å². The zero-order valence-corrected chi connectivity index (χ0v) is 25.3. The molecule has 0 saturated heterocycles. The Hall–Kier alpha value is -1.41. The molecule has 1 aromatic carbocycles. The van der Waals surface area contributed by atoms with Gasteiger partial charge in [-0.1, -0.05) is 0 Å². The predicted octanol–water partition coefficient (Wildman–Crippen LogP) is 10.3. The molecule has 1 N–H and O–H groups in total. The Kier molecular flexibility index (Phi) is 19.5. The molecule has 0 unspecified atom stereocenters. The average molecular weight is 537 g/mol. The second-order valence-electron chi connectivity index (χ2n) is 11.0. The maximum atomic E-state index is 13.5. The van der Waals surface area contributed by atoms with Crippen LogP contribution in [0.4, 0.5) is 0 Å². The van der Waals surface area contributed by atoms with Gasteiger partial charge in [-0.25, -0.2) is 0 Å². The van der Waals surface area contributed by atoms with E-state index >= 15 is 0 Å². The molecule has 0 radical (unpaired) electrons. The predicted molar refractivity (Wildman–Crippen MR) is 162 cm³/mol. The van der Waals surface area contributed by atoms with Gasteiger partial charge in [-0.15, -0.1) is 0 Å². The molecule has 0 heterocycles. The first-order valence-electron chi connectivity index (χ1n) is 15.5. The standard InChI is InChI=1S/C32H57O4P/c1-4-7-10-13-16-21-26-37(27-22-17-14-11-8-5-2,28-23-18-15-12-9-6-3)36-32(35)30-25-20-19-24-29(30)31(33)34/h19-20,24-25,37H,4-18,21-23,26-28H2,1-3H3,(H,33,34). The fourth-order valence-electron chi connectivity index (χ4n) is 5.31. The van der Waals surface area contributed by atoms with Crippen LogP contribution >= 0.6 is 7.49 Å². The Bertz CT molecular complexity index is 692. The molecule has 0 bridgehead atoms. The molecule has 0 atom stereocenters. The van der Waals surface area contributed by atoms with Crippen LogP contribution in [-0.2, 0) is 4.52 Å². The fraction of sp³-hybridized carbons (Fsp3) is 0.750. The van der Waals surface area contributed by atoms with E-state index in [0.717, 1.165) is 37.7 Å². The average Bonchev–Trinajstić information content (AvgIpc) is 2.90. The van der Waals surface area contributed by atoms with Gasteiger partial charge in [0.25, 0.3) is 0 Å². The Morgan fingerprint density at radius 2 is 0.946 bits per heavy atom. The van der Waals surface area contributed by atoms with Crippen LogP contribution in [0, 0.1) is 0 Å². The van der Waals surface area contributed by atoms with Gasteiger partial charge < -0.3 is 0 Å².